The number of amides is 1. The molecule has 3 saturated carbocycles. The van der Waals surface area contributed by atoms with Gasteiger partial charge in [-0.3, -0.25) is 0 Å². The van der Waals surface area contributed by atoms with E-state index >= 15 is 0 Å². The molecule has 290 valence electrons. The third kappa shape index (κ3) is 10.5. The molecule has 6 nitrogen and oxygen atoms in total. The Bertz CT molecular complexity index is 1060. The van der Waals surface area contributed by atoms with Crippen molar-refractivity contribution in [2.75, 3.05) is 20.3 Å². The Morgan fingerprint density at radius 3 is 2.26 bits per heavy atom. The van der Waals surface area contributed by atoms with Gasteiger partial charge in [0.05, 0.1) is 6.61 Å². The molecule has 4 rings (SSSR count). The number of nitrogens with one attached hydrogen (secondary N) is 1. The Balaban J connectivity index is 1.12. The van der Waals surface area contributed by atoms with Crippen LogP contribution in [0.4, 0.5) is 4.79 Å². The largest absolute Gasteiger partial charge is 0.446 e. The standard InChI is InChI=1S/C43H79N2O4P/c1-31(2)18-17-19-34(7)38-22-23-39-37-21-20-35-30-36(24-26-42(35,8)40(37)25-27-43(38,39)9)49-41(46)44-28-15-13-11-12-14-16-29-48-50(47-10)45(32(3)4)33(5)6/h20,31-34,36-40H,11-19,21-30H2,1-10H3,(H,44,46)/t34-,36+,37+,38-,39+,40+,42+,43-,50?/m1/s1. The maximum Gasteiger partial charge on any atom is 0.407 e. The molecule has 9 atom stereocenters. The molecule has 1 amide bonds. The summed E-state index contributed by atoms with van der Waals surface area (Å²) in [4.78, 5) is 12.8. The SMILES string of the molecule is COP(OCCCCCCCCNC(=O)O[C@H]1CC[C@@]2(C)C(=CC[C@H]3[C@@H]4CC[C@H]([C@H](C)CCCC(C)C)[C@@]4(C)CC[C@@H]32)C1)N(C(C)C)C(C)C. The first-order chi connectivity index (χ1) is 23.8. The van der Waals surface area contributed by atoms with Crippen molar-refractivity contribution in [2.45, 2.75) is 190 Å². The number of unbranched alkanes of at least 4 members (excludes halogenated alkanes) is 5. The Morgan fingerprint density at radius 2 is 1.58 bits per heavy atom. The molecule has 0 radical (unpaired) electrons. The number of ether oxygens (including phenoxy) is 1. The van der Waals surface area contributed by atoms with E-state index < -0.39 is 8.53 Å². The minimum atomic E-state index is -0.988. The highest BCUT2D eigenvalue weighted by Gasteiger charge is 2.59. The average molecular weight is 719 g/mol. The van der Waals surface area contributed by atoms with E-state index in [4.69, 9.17) is 13.8 Å². The normalized spacial score (nSPS) is 32.1. The number of allylic oxidation sites excluding steroid dienone is 1. The van der Waals surface area contributed by atoms with Gasteiger partial charge in [0, 0.05) is 32.2 Å². The second-order valence-corrected chi connectivity index (χ2v) is 20.0. The van der Waals surface area contributed by atoms with E-state index in [-0.39, 0.29) is 12.2 Å². The van der Waals surface area contributed by atoms with Gasteiger partial charge in [-0.1, -0.05) is 91.2 Å². The van der Waals surface area contributed by atoms with E-state index in [0.29, 0.717) is 29.5 Å². The summed E-state index contributed by atoms with van der Waals surface area (Å²) in [5, 5.41) is 3.06. The molecule has 0 saturated heterocycles. The lowest BCUT2D eigenvalue weighted by atomic mass is 9.47. The number of hydrogen-bond acceptors (Lipinski definition) is 5. The molecule has 0 heterocycles. The molecule has 7 heteroatoms. The minimum absolute atomic E-state index is 0.0248. The van der Waals surface area contributed by atoms with Gasteiger partial charge in [0.1, 0.15) is 6.10 Å². The second kappa shape index (κ2) is 19.6. The van der Waals surface area contributed by atoms with Crippen molar-refractivity contribution in [1.29, 1.82) is 0 Å². The first-order valence-corrected chi connectivity index (χ1v) is 22.3. The van der Waals surface area contributed by atoms with Crippen LogP contribution in [0.25, 0.3) is 0 Å². The molecule has 0 aromatic rings. The third-order valence-electron chi connectivity index (χ3n) is 14.0. The van der Waals surface area contributed by atoms with Gasteiger partial charge in [-0.05, 0) is 132 Å². The van der Waals surface area contributed by atoms with Crippen molar-refractivity contribution in [2.24, 2.45) is 46.3 Å². The number of hydrogen-bond donors (Lipinski definition) is 1. The molecule has 0 bridgehead atoms. The highest BCUT2D eigenvalue weighted by Crippen LogP contribution is 2.67. The van der Waals surface area contributed by atoms with Crippen LogP contribution in [-0.2, 0) is 13.8 Å². The summed E-state index contributed by atoms with van der Waals surface area (Å²) in [7, 11) is 0.767. The zero-order chi connectivity index (χ0) is 36.5. The van der Waals surface area contributed by atoms with Crippen LogP contribution in [0, 0.1) is 46.3 Å². The van der Waals surface area contributed by atoms with E-state index in [0.717, 1.165) is 74.2 Å². The highest BCUT2D eigenvalue weighted by atomic mass is 31.2. The van der Waals surface area contributed by atoms with Crippen LogP contribution in [0.3, 0.4) is 0 Å². The summed E-state index contributed by atoms with van der Waals surface area (Å²) in [6.45, 7) is 22.8. The fraction of sp³-hybridized carbons (Fsp3) is 0.930. The van der Waals surface area contributed by atoms with Gasteiger partial charge < -0.3 is 19.1 Å². The minimum Gasteiger partial charge on any atom is -0.446 e. The zero-order valence-electron chi connectivity index (χ0n) is 34.2. The summed E-state index contributed by atoms with van der Waals surface area (Å²) in [5.74, 6) is 5.14. The van der Waals surface area contributed by atoms with Gasteiger partial charge in [0.2, 0.25) is 0 Å². The lowest BCUT2D eigenvalue weighted by Crippen LogP contribution is -2.51. The van der Waals surface area contributed by atoms with E-state index in [1.165, 1.54) is 77.0 Å². The highest BCUT2D eigenvalue weighted by molar-refractivity contribution is 7.44. The maximum absolute atomic E-state index is 12.8. The summed E-state index contributed by atoms with van der Waals surface area (Å²) in [6.07, 6.45) is 23.5. The smallest absolute Gasteiger partial charge is 0.407 e. The van der Waals surface area contributed by atoms with Crippen molar-refractivity contribution < 1.29 is 18.6 Å². The summed E-state index contributed by atoms with van der Waals surface area (Å²) >= 11 is 0. The second-order valence-electron chi connectivity index (χ2n) is 18.4. The summed E-state index contributed by atoms with van der Waals surface area (Å²) < 4.78 is 20.1. The van der Waals surface area contributed by atoms with Gasteiger partial charge in [-0.15, -0.1) is 0 Å². The van der Waals surface area contributed by atoms with Crippen molar-refractivity contribution in [3.63, 3.8) is 0 Å². The lowest BCUT2D eigenvalue weighted by molar-refractivity contribution is -0.0581. The van der Waals surface area contributed by atoms with Gasteiger partial charge in [0.25, 0.3) is 8.53 Å². The number of fused-ring (bicyclic) bond motifs is 5. The van der Waals surface area contributed by atoms with Crippen LogP contribution in [-0.4, -0.2) is 49.2 Å². The molecule has 4 aliphatic carbocycles. The first-order valence-electron chi connectivity index (χ1n) is 21.2. The fourth-order valence-electron chi connectivity index (χ4n) is 11.4. The first kappa shape index (κ1) is 42.1. The molecule has 0 aromatic carbocycles. The van der Waals surface area contributed by atoms with Gasteiger partial charge >= 0.3 is 6.09 Å². The monoisotopic (exact) mass is 719 g/mol. The van der Waals surface area contributed by atoms with Crippen LogP contribution in [0.2, 0.25) is 0 Å². The van der Waals surface area contributed by atoms with E-state index in [1.807, 2.05) is 0 Å². The van der Waals surface area contributed by atoms with E-state index in [9.17, 15) is 4.79 Å². The predicted octanol–water partition coefficient (Wildman–Crippen LogP) is 12.5. The van der Waals surface area contributed by atoms with Crippen LogP contribution < -0.4 is 5.32 Å². The summed E-state index contributed by atoms with van der Waals surface area (Å²) in [6, 6.07) is 0.805. The van der Waals surface area contributed by atoms with E-state index in [1.54, 1.807) is 12.7 Å². The molecule has 0 spiro atoms. The molecule has 1 N–H and O–H groups in total. The van der Waals surface area contributed by atoms with Gasteiger partial charge in [-0.2, -0.15) is 0 Å². The van der Waals surface area contributed by atoms with Crippen LogP contribution >= 0.6 is 8.53 Å². The van der Waals surface area contributed by atoms with Gasteiger partial charge in [0.15, 0.2) is 0 Å². The molecule has 4 aliphatic rings. The molecule has 0 aliphatic heterocycles. The predicted molar refractivity (Wildman–Crippen MR) is 211 cm³/mol. The Labute approximate surface area is 310 Å². The van der Waals surface area contributed by atoms with Gasteiger partial charge in [-0.25, -0.2) is 9.46 Å². The Hall–Kier alpha value is -0.680. The number of carbonyl (C=O) groups excluding carboxylic acids is 1. The van der Waals surface area contributed by atoms with Crippen molar-refractivity contribution >= 4 is 14.6 Å². The lowest BCUT2D eigenvalue weighted by Gasteiger charge is -2.58. The number of rotatable bonds is 20. The molecular weight excluding hydrogens is 639 g/mol. The van der Waals surface area contributed by atoms with E-state index in [2.05, 4.69) is 78.4 Å². The molecule has 1 unspecified atom stereocenters. The van der Waals surface area contributed by atoms with Crippen molar-refractivity contribution in [1.82, 2.24) is 9.99 Å². The third-order valence-corrected chi connectivity index (χ3v) is 16.0. The number of nitrogens with zero attached hydrogens (tertiary/aromatic N) is 1. The molecule has 50 heavy (non-hydrogen) atoms. The van der Waals surface area contributed by atoms with Crippen LogP contribution in [0.1, 0.15) is 171 Å². The quantitative estimate of drug-likeness (QED) is 0.0771. The number of alkyl carbamates (subject to hydrolysis) is 1. The Morgan fingerprint density at radius 1 is 0.880 bits per heavy atom. The molecule has 0 aromatic heterocycles. The number of carbonyl (C=O) groups is 1. The fourth-order valence-corrected chi connectivity index (χ4v) is 12.9. The maximum atomic E-state index is 12.8. The molecular formula is C43H79N2O4P. The average Bonchev–Trinajstić information content (AvgIpc) is 3.41. The summed E-state index contributed by atoms with van der Waals surface area (Å²) in [5.41, 5.74) is 2.43. The Kier molecular flexibility index (Phi) is 16.5. The van der Waals surface area contributed by atoms with Crippen LogP contribution in [0.5, 0.6) is 0 Å². The van der Waals surface area contributed by atoms with Crippen molar-refractivity contribution in [3.8, 4) is 0 Å². The zero-order valence-corrected chi connectivity index (χ0v) is 35.1. The topological polar surface area (TPSA) is 60.0 Å². The van der Waals surface area contributed by atoms with Crippen molar-refractivity contribution in [3.05, 3.63) is 11.6 Å². The molecule has 3 fully saturated rings. The van der Waals surface area contributed by atoms with Crippen LogP contribution in [0.15, 0.2) is 11.6 Å².